The van der Waals surface area contributed by atoms with Crippen molar-refractivity contribution in [1.82, 2.24) is 0 Å². The third-order valence-corrected chi connectivity index (χ3v) is 5.30. The minimum absolute atomic E-state index is 0.114. The standard InChI is InChI=1S/C23H23NO3.C2H4O2.3C2H6/c1-14-11-16(5-10-21(14)26-2)20-13-27-22-12-18(25)8-9-19(22)23(20)15-3-6-17(24)7-4-15;1-2(3)4;3*1-2/h3-12,20,23,25H,13,24H2,1-2H3;1H3,(H,3,4);3*1-2H3. The Balaban J connectivity index is 0.00000114. The first kappa shape index (κ1) is 33.3. The first-order valence-electron chi connectivity index (χ1n) is 13.0. The maximum atomic E-state index is 9.85. The number of aromatic hydroxyl groups is 1. The Labute approximate surface area is 223 Å². The molecule has 1 heterocycles. The highest BCUT2D eigenvalue weighted by Crippen LogP contribution is 2.47. The number of nitrogens with two attached hydrogens (primary N) is 1. The van der Waals surface area contributed by atoms with E-state index in [2.05, 4.69) is 31.2 Å². The molecule has 204 valence electrons. The maximum absolute atomic E-state index is 9.85. The highest BCUT2D eigenvalue weighted by molar-refractivity contribution is 5.63. The SMILES string of the molecule is CC.CC.CC.CC(=O)O.COc1ccc(C2COc3cc(O)ccc3C2c2ccc(N)cc2)cc1C. The number of fused-ring (bicyclic) bond motifs is 1. The highest BCUT2D eigenvalue weighted by atomic mass is 16.5. The molecule has 2 unspecified atom stereocenters. The Morgan fingerprint density at radius 1 is 0.919 bits per heavy atom. The molecule has 0 aliphatic carbocycles. The molecule has 0 bridgehead atoms. The smallest absolute Gasteiger partial charge is 0.300 e. The van der Waals surface area contributed by atoms with Crippen molar-refractivity contribution in [2.24, 2.45) is 0 Å². The number of aryl methyl sites for hydroxylation is 1. The van der Waals surface area contributed by atoms with Gasteiger partial charge in [-0.2, -0.15) is 0 Å². The van der Waals surface area contributed by atoms with Crippen LogP contribution in [-0.4, -0.2) is 29.9 Å². The molecule has 1 aliphatic rings. The maximum Gasteiger partial charge on any atom is 0.300 e. The van der Waals surface area contributed by atoms with Crippen LogP contribution in [0.3, 0.4) is 0 Å². The molecule has 3 aromatic rings. The van der Waals surface area contributed by atoms with Crippen molar-refractivity contribution in [2.75, 3.05) is 19.5 Å². The van der Waals surface area contributed by atoms with Crippen LogP contribution in [0.5, 0.6) is 17.2 Å². The molecule has 0 spiro atoms. The number of phenols is 1. The van der Waals surface area contributed by atoms with E-state index in [1.807, 2.05) is 65.8 Å². The van der Waals surface area contributed by atoms with Crippen LogP contribution >= 0.6 is 0 Å². The number of carboxylic acids is 1. The summed E-state index contributed by atoms with van der Waals surface area (Å²) in [6, 6.07) is 19.7. The molecule has 0 aromatic heterocycles. The van der Waals surface area contributed by atoms with Crippen molar-refractivity contribution in [3.05, 3.63) is 82.9 Å². The molecule has 6 nitrogen and oxygen atoms in total. The number of hydrogen-bond acceptors (Lipinski definition) is 5. The van der Waals surface area contributed by atoms with Crippen LogP contribution < -0.4 is 15.2 Å². The van der Waals surface area contributed by atoms with Gasteiger partial charge in [-0.05, 0) is 47.9 Å². The minimum atomic E-state index is -0.833. The van der Waals surface area contributed by atoms with E-state index in [-0.39, 0.29) is 17.6 Å². The van der Waals surface area contributed by atoms with E-state index in [4.69, 9.17) is 25.1 Å². The van der Waals surface area contributed by atoms with Gasteiger partial charge in [0, 0.05) is 36.1 Å². The number of rotatable bonds is 3. The van der Waals surface area contributed by atoms with Crippen LogP contribution in [0.2, 0.25) is 0 Å². The summed E-state index contributed by atoms with van der Waals surface area (Å²) in [6.07, 6.45) is 0. The number of hydrogen-bond donors (Lipinski definition) is 3. The lowest BCUT2D eigenvalue weighted by Crippen LogP contribution is -2.25. The molecular weight excluding hydrogens is 466 g/mol. The van der Waals surface area contributed by atoms with Gasteiger partial charge in [0.1, 0.15) is 17.2 Å². The third-order valence-electron chi connectivity index (χ3n) is 5.30. The van der Waals surface area contributed by atoms with Gasteiger partial charge in [0.2, 0.25) is 0 Å². The second-order valence-electron chi connectivity index (χ2n) is 7.53. The second-order valence-corrected chi connectivity index (χ2v) is 7.53. The van der Waals surface area contributed by atoms with Crippen molar-refractivity contribution < 1.29 is 24.5 Å². The van der Waals surface area contributed by atoms with Crippen molar-refractivity contribution >= 4 is 11.7 Å². The predicted octanol–water partition coefficient (Wildman–Crippen LogP) is 7.77. The molecule has 0 saturated heterocycles. The lowest BCUT2D eigenvalue weighted by atomic mass is 9.75. The van der Waals surface area contributed by atoms with Crippen molar-refractivity contribution in [3.8, 4) is 17.2 Å². The summed E-state index contributed by atoms with van der Waals surface area (Å²) in [5, 5.41) is 17.3. The Hall–Kier alpha value is -3.67. The zero-order valence-corrected chi connectivity index (χ0v) is 23.8. The van der Waals surface area contributed by atoms with E-state index in [0.29, 0.717) is 6.61 Å². The van der Waals surface area contributed by atoms with Crippen molar-refractivity contribution in [2.45, 2.75) is 67.2 Å². The zero-order chi connectivity index (χ0) is 28.5. The molecule has 6 heteroatoms. The quantitative estimate of drug-likeness (QED) is 0.310. The number of nitrogen functional groups attached to an aromatic ring is 1. The second kappa shape index (κ2) is 17.7. The van der Waals surface area contributed by atoms with Crippen LogP contribution in [0.15, 0.2) is 60.7 Å². The molecule has 0 fully saturated rings. The van der Waals surface area contributed by atoms with Crippen molar-refractivity contribution in [1.29, 1.82) is 0 Å². The average Bonchev–Trinajstić information content (AvgIpc) is 2.91. The van der Waals surface area contributed by atoms with E-state index in [1.54, 1.807) is 19.2 Å². The fourth-order valence-corrected chi connectivity index (χ4v) is 3.93. The summed E-state index contributed by atoms with van der Waals surface area (Å²) in [4.78, 5) is 9.00. The first-order chi connectivity index (χ1) is 17.8. The summed E-state index contributed by atoms with van der Waals surface area (Å²) in [5.74, 6) is 1.25. The number of aliphatic carboxylic acids is 1. The summed E-state index contributed by atoms with van der Waals surface area (Å²) in [5.41, 5.74) is 11.2. The summed E-state index contributed by atoms with van der Waals surface area (Å²) < 4.78 is 11.4. The van der Waals surface area contributed by atoms with Crippen LogP contribution in [-0.2, 0) is 4.79 Å². The van der Waals surface area contributed by atoms with Crippen LogP contribution in [0, 0.1) is 6.92 Å². The summed E-state index contributed by atoms with van der Waals surface area (Å²) in [7, 11) is 1.69. The van der Waals surface area contributed by atoms with Gasteiger partial charge in [-0.3, -0.25) is 4.79 Å². The van der Waals surface area contributed by atoms with Gasteiger partial charge in [0.05, 0.1) is 13.7 Å². The summed E-state index contributed by atoms with van der Waals surface area (Å²) >= 11 is 0. The van der Waals surface area contributed by atoms with E-state index in [9.17, 15) is 5.11 Å². The largest absolute Gasteiger partial charge is 0.508 e. The van der Waals surface area contributed by atoms with E-state index in [0.717, 1.165) is 35.2 Å². The lowest BCUT2D eigenvalue weighted by molar-refractivity contribution is -0.134. The molecule has 4 N–H and O–H groups in total. The molecule has 0 amide bonds. The van der Waals surface area contributed by atoms with Gasteiger partial charge in [0.25, 0.3) is 5.97 Å². The fraction of sp³-hybridized carbons (Fsp3) is 0.387. The van der Waals surface area contributed by atoms with Crippen LogP contribution in [0.4, 0.5) is 5.69 Å². The molecule has 0 saturated carbocycles. The van der Waals surface area contributed by atoms with Crippen molar-refractivity contribution in [3.63, 3.8) is 0 Å². The van der Waals surface area contributed by atoms with E-state index >= 15 is 0 Å². The Morgan fingerprint density at radius 3 is 1.97 bits per heavy atom. The first-order valence-corrected chi connectivity index (χ1v) is 13.0. The third kappa shape index (κ3) is 9.71. The van der Waals surface area contributed by atoms with E-state index in [1.165, 1.54) is 11.1 Å². The van der Waals surface area contributed by atoms with Crippen LogP contribution in [0.1, 0.15) is 82.6 Å². The zero-order valence-electron chi connectivity index (χ0n) is 23.8. The number of carbonyl (C=O) groups is 1. The number of anilines is 1. The van der Waals surface area contributed by atoms with E-state index < -0.39 is 5.97 Å². The Kier molecular flexibility index (Phi) is 16.0. The molecule has 0 radical (unpaired) electrons. The van der Waals surface area contributed by atoms with Gasteiger partial charge < -0.3 is 25.4 Å². The Morgan fingerprint density at radius 2 is 1.46 bits per heavy atom. The monoisotopic (exact) mass is 511 g/mol. The normalized spacial score (nSPS) is 14.6. The molecule has 2 atom stereocenters. The number of ether oxygens (including phenoxy) is 2. The van der Waals surface area contributed by atoms with Gasteiger partial charge >= 0.3 is 0 Å². The number of benzene rings is 3. The lowest BCUT2D eigenvalue weighted by Gasteiger charge is -2.35. The average molecular weight is 512 g/mol. The fourth-order valence-electron chi connectivity index (χ4n) is 3.93. The number of carboxylic acid groups (broad SMARTS) is 1. The molecule has 37 heavy (non-hydrogen) atoms. The van der Waals surface area contributed by atoms with Crippen LogP contribution in [0.25, 0.3) is 0 Å². The summed E-state index contributed by atoms with van der Waals surface area (Å²) in [6.45, 7) is 15.7. The number of methoxy groups -OCH3 is 1. The molecule has 1 aliphatic heterocycles. The van der Waals surface area contributed by atoms with Gasteiger partial charge in [-0.15, -0.1) is 0 Å². The van der Waals surface area contributed by atoms with Gasteiger partial charge in [-0.25, -0.2) is 0 Å². The van der Waals surface area contributed by atoms with Gasteiger partial charge in [0.15, 0.2) is 0 Å². The molecule has 4 rings (SSSR count). The molecular formula is C31H45NO5. The predicted molar refractivity (Wildman–Crippen MR) is 154 cm³/mol. The Bertz CT molecular complexity index is 1060. The molecule has 3 aromatic carbocycles. The number of phenolic OH excluding ortho intramolecular Hbond substituents is 1. The highest BCUT2D eigenvalue weighted by Gasteiger charge is 2.33. The van der Waals surface area contributed by atoms with Gasteiger partial charge in [-0.1, -0.05) is 71.9 Å². The topological polar surface area (TPSA) is 102 Å². The minimum Gasteiger partial charge on any atom is -0.508 e.